The molecule has 0 amide bonds. The number of hydrogen-bond donors (Lipinski definition) is 0. The van der Waals surface area contributed by atoms with Gasteiger partial charge in [0.05, 0.1) is 5.69 Å². The van der Waals surface area contributed by atoms with E-state index in [0.717, 1.165) is 31.4 Å². The van der Waals surface area contributed by atoms with Gasteiger partial charge in [0.15, 0.2) is 0 Å². The van der Waals surface area contributed by atoms with Crippen LogP contribution in [0, 0.1) is 0 Å². The van der Waals surface area contributed by atoms with Gasteiger partial charge in [0.2, 0.25) is 0 Å². The third-order valence-corrected chi connectivity index (χ3v) is 4.12. The molecule has 90 valence electrons. The summed E-state index contributed by atoms with van der Waals surface area (Å²) in [5, 5.41) is 0. The van der Waals surface area contributed by atoms with Gasteiger partial charge in [-0.2, -0.15) is 17.5 Å². The van der Waals surface area contributed by atoms with Crippen LogP contribution in [0.3, 0.4) is 0 Å². The Bertz CT molecular complexity index is 364. The standard InChI is InChI=1S/C11H14F3NS/c1-2-8-9(7-5-3-4-6-7)15-16-10(8)11(12,13)14/h7H,2-6H2,1H3. The monoisotopic (exact) mass is 249 g/mol. The molecule has 0 aliphatic heterocycles. The molecule has 0 atom stereocenters. The van der Waals surface area contributed by atoms with E-state index in [9.17, 15) is 13.2 Å². The summed E-state index contributed by atoms with van der Waals surface area (Å²) in [5.74, 6) is 0.266. The lowest BCUT2D eigenvalue weighted by Crippen LogP contribution is -2.07. The zero-order chi connectivity index (χ0) is 11.8. The third-order valence-electron chi connectivity index (χ3n) is 3.17. The molecule has 1 aliphatic rings. The van der Waals surface area contributed by atoms with Gasteiger partial charge in [-0.3, -0.25) is 0 Å². The molecule has 1 saturated carbocycles. The van der Waals surface area contributed by atoms with E-state index in [-0.39, 0.29) is 5.92 Å². The Labute approximate surface area is 96.8 Å². The maximum atomic E-state index is 12.7. The lowest BCUT2D eigenvalue weighted by atomic mass is 9.97. The summed E-state index contributed by atoms with van der Waals surface area (Å²) in [7, 11) is 0. The summed E-state index contributed by atoms with van der Waals surface area (Å²) >= 11 is 0.620. The average Bonchev–Trinajstić information content (AvgIpc) is 2.84. The highest BCUT2D eigenvalue weighted by atomic mass is 32.1. The van der Waals surface area contributed by atoms with Crippen molar-refractivity contribution < 1.29 is 13.2 Å². The molecule has 5 heteroatoms. The molecule has 1 heterocycles. The number of alkyl halides is 3. The van der Waals surface area contributed by atoms with Gasteiger partial charge >= 0.3 is 6.18 Å². The number of nitrogens with zero attached hydrogens (tertiary/aromatic N) is 1. The highest BCUT2D eigenvalue weighted by molar-refractivity contribution is 7.06. The van der Waals surface area contributed by atoms with Crippen molar-refractivity contribution in [2.45, 2.75) is 51.1 Å². The van der Waals surface area contributed by atoms with Gasteiger partial charge in [0.1, 0.15) is 4.88 Å². The minimum atomic E-state index is -4.24. The van der Waals surface area contributed by atoms with E-state index in [1.54, 1.807) is 6.92 Å². The van der Waals surface area contributed by atoms with Crippen molar-refractivity contribution in [1.82, 2.24) is 4.37 Å². The van der Waals surface area contributed by atoms with Crippen LogP contribution in [0.25, 0.3) is 0 Å². The maximum absolute atomic E-state index is 12.7. The molecule has 0 unspecified atom stereocenters. The molecule has 1 nitrogen and oxygen atoms in total. The normalized spacial score (nSPS) is 18.2. The predicted octanol–water partition coefficient (Wildman–Crippen LogP) is 4.38. The van der Waals surface area contributed by atoms with Gasteiger partial charge in [0, 0.05) is 5.92 Å². The predicted molar refractivity (Wildman–Crippen MR) is 57.7 cm³/mol. The first-order valence-corrected chi connectivity index (χ1v) is 6.37. The van der Waals surface area contributed by atoms with Gasteiger partial charge in [-0.25, -0.2) is 0 Å². The van der Waals surface area contributed by atoms with Crippen molar-refractivity contribution >= 4 is 11.5 Å². The van der Waals surface area contributed by atoms with E-state index in [4.69, 9.17) is 0 Å². The Balaban J connectivity index is 2.36. The largest absolute Gasteiger partial charge is 0.427 e. The summed E-state index contributed by atoms with van der Waals surface area (Å²) in [5.41, 5.74) is 1.15. The minimum absolute atomic E-state index is 0.266. The first-order valence-electron chi connectivity index (χ1n) is 5.59. The summed E-state index contributed by atoms with van der Waals surface area (Å²) < 4.78 is 42.2. The molecule has 16 heavy (non-hydrogen) atoms. The quantitative estimate of drug-likeness (QED) is 0.757. The van der Waals surface area contributed by atoms with Crippen molar-refractivity contribution in [1.29, 1.82) is 0 Å². The van der Waals surface area contributed by atoms with Gasteiger partial charge in [-0.05, 0) is 36.4 Å². The van der Waals surface area contributed by atoms with Crippen LogP contribution in [0.4, 0.5) is 13.2 Å². The van der Waals surface area contributed by atoms with Crippen LogP contribution in [0.15, 0.2) is 0 Å². The van der Waals surface area contributed by atoms with Crippen LogP contribution in [0.2, 0.25) is 0 Å². The average molecular weight is 249 g/mol. The van der Waals surface area contributed by atoms with Crippen molar-refractivity contribution in [2.75, 3.05) is 0 Å². The molecule has 0 saturated heterocycles. The van der Waals surface area contributed by atoms with Crippen molar-refractivity contribution in [3.05, 3.63) is 16.1 Å². The minimum Gasteiger partial charge on any atom is -0.197 e. The van der Waals surface area contributed by atoms with Crippen LogP contribution in [-0.4, -0.2) is 4.37 Å². The van der Waals surface area contributed by atoms with Crippen LogP contribution < -0.4 is 0 Å². The second kappa shape index (κ2) is 4.35. The molecule has 0 bridgehead atoms. The molecule has 2 rings (SSSR count). The molecule has 0 radical (unpaired) electrons. The van der Waals surface area contributed by atoms with Crippen LogP contribution in [0.5, 0.6) is 0 Å². The maximum Gasteiger partial charge on any atom is 0.427 e. The van der Waals surface area contributed by atoms with E-state index in [1.807, 2.05) is 0 Å². The number of rotatable bonds is 2. The Morgan fingerprint density at radius 2 is 1.94 bits per heavy atom. The van der Waals surface area contributed by atoms with E-state index < -0.39 is 11.1 Å². The molecule has 0 spiro atoms. The van der Waals surface area contributed by atoms with E-state index in [0.29, 0.717) is 23.5 Å². The molecule has 0 aromatic carbocycles. The van der Waals surface area contributed by atoms with E-state index >= 15 is 0 Å². The SMILES string of the molecule is CCc1c(C2CCCC2)nsc1C(F)(F)F. The zero-order valence-electron chi connectivity index (χ0n) is 9.10. The number of halogens is 3. The van der Waals surface area contributed by atoms with Gasteiger partial charge in [-0.1, -0.05) is 19.8 Å². The topological polar surface area (TPSA) is 12.9 Å². The highest BCUT2D eigenvalue weighted by Crippen LogP contribution is 2.42. The van der Waals surface area contributed by atoms with Gasteiger partial charge in [-0.15, -0.1) is 0 Å². The van der Waals surface area contributed by atoms with Crippen LogP contribution in [-0.2, 0) is 12.6 Å². The molecule has 1 aromatic rings. The van der Waals surface area contributed by atoms with Crippen LogP contribution >= 0.6 is 11.5 Å². The summed E-state index contributed by atoms with van der Waals surface area (Å²) in [6, 6.07) is 0. The van der Waals surface area contributed by atoms with E-state index in [2.05, 4.69) is 4.37 Å². The first-order chi connectivity index (χ1) is 7.54. The highest BCUT2D eigenvalue weighted by Gasteiger charge is 2.38. The Kier molecular flexibility index (Phi) is 3.24. The zero-order valence-corrected chi connectivity index (χ0v) is 9.92. The van der Waals surface area contributed by atoms with Crippen molar-refractivity contribution in [3.8, 4) is 0 Å². The summed E-state index contributed by atoms with van der Waals surface area (Å²) in [6.07, 6.45) is 0.415. The smallest absolute Gasteiger partial charge is 0.197 e. The fourth-order valence-corrected chi connectivity index (χ4v) is 3.32. The van der Waals surface area contributed by atoms with Crippen LogP contribution in [0.1, 0.15) is 54.7 Å². The lowest BCUT2D eigenvalue weighted by molar-refractivity contribution is -0.134. The summed E-state index contributed by atoms with van der Waals surface area (Å²) in [6.45, 7) is 1.78. The van der Waals surface area contributed by atoms with Gasteiger partial charge in [0.25, 0.3) is 0 Å². The Hall–Kier alpha value is -0.580. The fraction of sp³-hybridized carbons (Fsp3) is 0.727. The number of hydrogen-bond acceptors (Lipinski definition) is 2. The summed E-state index contributed by atoms with van der Waals surface area (Å²) in [4.78, 5) is -0.489. The lowest BCUT2D eigenvalue weighted by Gasteiger charge is -2.10. The fourth-order valence-electron chi connectivity index (χ4n) is 2.41. The molecule has 1 fully saturated rings. The Morgan fingerprint density at radius 1 is 1.31 bits per heavy atom. The van der Waals surface area contributed by atoms with Crippen molar-refractivity contribution in [3.63, 3.8) is 0 Å². The molecule has 1 aliphatic carbocycles. The van der Waals surface area contributed by atoms with Crippen molar-refractivity contribution in [2.24, 2.45) is 0 Å². The molecule has 0 N–H and O–H groups in total. The van der Waals surface area contributed by atoms with Gasteiger partial charge < -0.3 is 0 Å². The number of aromatic nitrogens is 1. The Morgan fingerprint density at radius 3 is 2.44 bits per heavy atom. The second-order valence-electron chi connectivity index (χ2n) is 4.21. The van der Waals surface area contributed by atoms with E-state index in [1.165, 1.54) is 0 Å². The molecular formula is C11H14F3NS. The third kappa shape index (κ3) is 2.10. The molecular weight excluding hydrogens is 235 g/mol. The second-order valence-corrected chi connectivity index (χ2v) is 4.98. The molecule has 1 aromatic heterocycles. The first kappa shape index (κ1) is 11.9.